The van der Waals surface area contributed by atoms with Crippen LogP contribution < -0.4 is 0 Å². The third kappa shape index (κ3) is 4.67. The lowest BCUT2D eigenvalue weighted by Gasteiger charge is -2.01. The first-order valence-electron chi connectivity index (χ1n) is 7.11. The van der Waals surface area contributed by atoms with Crippen LogP contribution in [0.15, 0.2) is 59.8 Å². The molecule has 0 atom stereocenters. The van der Waals surface area contributed by atoms with Gasteiger partial charge in [-0.1, -0.05) is 22.5 Å². The van der Waals surface area contributed by atoms with Gasteiger partial charge in [-0.25, -0.2) is 4.68 Å². The maximum Gasteiger partial charge on any atom is 0.0991 e. The van der Waals surface area contributed by atoms with Crippen LogP contribution in [0.2, 0.25) is 0 Å². The van der Waals surface area contributed by atoms with Gasteiger partial charge in [0.05, 0.1) is 40.8 Å². The molecule has 1 heterocycles. The zero-order valence-electron chi connectivity index (χ0n) is 13.3. The van der Waals surface area contributed by atoms with E-state index < -0.39 is 0 Å². The van der Waals surface area contributed by atoms with Crippen molar-refractivity contribution < 1.29 is 0 Å². The molecular weight excluding hydrogens is 316 g/mol. The van der Waals surface area contributed by atoms with E-state index in [1.807, 2.05) is 25.1 Å². The molecular formula is C17H12N8. The Morgan fingerprint density at radius 1 is 1.00 bits per heavy atom. The number of aromatic nitrogens is 3. The van der Waals surface area contributed by atoms with Crippen molar-refractivity contribution >= 4 is 5.69 Å². The third-order valence-electron chi connectivity index (χ3n) is 3.12. The molecule has 8 heteroatoms. The van der Waals surface area contributed by atoms with Crippen LogP contribution in [0, 0.1) is 29.6 Å². The van der Waals surface area contributed by atoms with Crippen molar-refractivity contribution in [2.75, 3.05) is 0 Å². The second-order valence-electron chi connectivity index (χ2n) is 4.79. The van der Waals surface area contributed by atoms with Gasteiger partial charge >= 0.3 is 0 Å². The van der Waals surface area contributed by atoms with E-state index in [4.69, 9.17) is 16.1 Å². The van der Waals surface area contributed by atoms with Gasteiger partial charge in [-0.15, -0.1) is 5.10 Å². The molecule has 0 unspecified atom stereocenters. The Bertz CT molecular complexity index is 965. The summed E-state index contributed by atoms with van der Waals surface area (Å²) in [6.07, 6.45) is 1.69. The van der Waals surface area contributed by atoms with Gasteiger partial charge in [0.2, 0.25) is 0 Å². The Balaban J connectivity index is 0.000000186. The zero-order chi connectivity index (χ0) is 18.1. The van der Waals surface area contributed by atoms with E-state index in [9.17, 15) is 0 Å². The molecule has 120 valence electrons. The molecule has 0 radical (unpaired) electrons. The lowest BCUT2D eigenvalue weighted by molar-refractivity contribution is 0.785. The maximum absolute atomic E-state index is 8.63. The molecule has 2 aromatic carbocycles. The van der Waals surface area contributed by atoms with Crippen molar-refractivity contribution in [3.8, 4) is 17.8 Å². The monoisotopic (exact) mass is 328 g/mol. The standard InChI is InChI=1S/C10H8N4.C7H4N4/c1-8-7-12-13-14(8)10-4-2-9(6-11)3-5-10;8-5-6-1-3-7(4-2-6)10-11-9/h2-5,7H,1H3;1-4H. The van der Waals surface area contributed by atoms with E-state index in [0.717, 1.165) is 11.4 Å². The summed E-state index contributed by atoms with van der Waals surface area (Å²) in [6.45, 7) is 1.93. The minimum atomic E-state index is 0.520. The predicted octanol–water partition coefficient (Wildman–Crippen LogP) is 3.95. The fraction of sp³-hybridized carbons (Fsp3) is 0.0588. The molecule has 3 rings (SSSR count). The summed E-state index contributed by atoms with van der Waals surface area (Å²) in [4.78, 5) is 2.60. The summed E-state index contributed by atoms with van der Waals surface area (Å²) in [6, 6.07) is 17.6. The van der Waals surface area contributed by atoms with Crippen molar-refractivity contribution in [1.29, 1.82) is 10.5 Å². The van der Waals surface area contributed by atoms with E-state index >= 15 is 0 Å². The molecule has 0 spiro atoms. The molecule has 0 N–H and O–H groups in total. The van der Waals surface area contributed by atoms with Gasteiger partial charge in [0.1, 0.15) is 0 Å². The molecule has 0 amide bonds. The summed E-state index contributed by atoms with van der Waals surface area (Å²) in [7, 11) is 0. The Morgan fingerprint density at radius 2 is 1.56 bits per heavy atom. The smallest absolute Gasteiger partial charge is 0.0991 e. The average Bonchev–Trinajstić information content (AvgIpc) is 3.09. The van der Waals surface area contributed by atoms with Crippen LogP contribution in [0.25, 0.3) is 16.1 Å². The highest BCUT2D eigenvalue weighted by Gasteiger charge is 2.00. The van der Waals surface area contributed by atoms with Crippen molar-refractivity contribution in [1.82, 2.24) is 15.0 Å². The first-order valence-corrected chi connectivity index (χ1v) is 7.11. The van der Waals surface area contributed by atoms with Gasteiger partial charge in [0.15, 0.2) is 0 Å². The largest absolute Gasteiger partial charge is 0.218 e. The summed E-state index contributed by atoms with van der Waals surface area (Å²) in [5.41, 5.74) is 11.6. The van der Waals surface area contributed by atoms with Crippen LogP contribution in [0.5, 0.6) is 0 Å². The predicted molar refractivity (Wildman–Crippen MR) is 90.8 cm³/mol. The van der Waals surface area contributed by atoms with E-state index in [-0.39, 0.29) is 0 Å². The number of benzene rings is 2. The van der Waals surface area contributed by atoms with Gasteiger partial charge in [0, 0.05) is 10.6 Å². The number of rotatable bonds is 2. The second-order valence-corrected chi connectivity index (χ2v) is 4.79. The topological polar surface area (TPSA) is 127 Å². The summed E-state index contributed by atoms with van der Waals surface area (Å²) < 4.78 is 1.72. The normalized spacial score (nSPS) is 8.92. The Kier molecular flexibility index (Phi) is 5.85. The lowest BCUT2D eigenvalue weighted by Crippen LogP contribution is -1.98. The minimum absolute atomic E-state index is 0.520. The molecule has 25 heavy (non-hydrogen) atoms. The molecule has 0 saturated heterocycles. The molecule has 0 bridgehead atoms. The van der Waals surface area contributed by atoms with Crippen molar-refractivity contribution in [2.45, 2.75) is 6.92 Å². The van der Waals surface area contributed by atoms with E-state index in [1.54, 1.807) is 47.3 Å². The second kappa shape index (κ2) is 8.49. The highest BCUT2D eigenvalue weighted by Crippen LogP contribution is 2.12. The summed E-state index contributed by atoms with van der Waals surface area (Å²) in [5.74, 6) is 0. The van der Waals surface area contributed by atoms with Crippen molar-refractivity contribution in [3.05, 3.63) is 82.0 Å². The first-order chi connectivity index (χ1) is 12.2. The fourth-order valence-corrected chi connectivity index (χ4v) is 1.87. The van der Waals surface area contributed by atoms with Crippen LogP contribution in [0.1, 0.15) is 16.8 Å². The first kappa shape index (κ1) is 17.2. The summed E-state index contributed by atoms with van der Waals surface area (Å²) >= 11 is 0. The van der Waals surface area contributed by atoms with Gasteiger partial charge < -0.3 is 0 Å². The van der Waals surface area contributed by atoms with Gasteiger partial charge in [-0.3, -0.25) is 0 Å². The molecule has 1 aromatic heterocycles. The molecule has 0 fully saturated rings. The number of nitrogens with zero attached hydrogens (tertiary/aromatic N) is 8. The number of nitriles is 2. The number of aryl methyl sites for hydroxylation is 1. The van der Waals surface area contributed by atoms with Gasteiger partial charge in [-0.05, 0) is 48.9 Å². The van der Waals surface area contributed by atoms with Crippen molar-refractivity contribution in [2.24, 2.45) is 5.11 Å². The zero-order valence-corrected chi connectivity index (χ0v) is 13.3. The van der Waals surface area contributed by atoms with E-state index in [2.05, 4.69) is 26.4 Å². The molecule has 0 aliphatic rings. The highest BCUT2D eigenvalue weighted by molar-refractivity contribution is 5.42. The molecule has 0 aliphatic heterocycles. The maximum atomic E-state index is 8.63. The fourth-order valence-electron chi connectivity index (χ4n) is 1.87. The van der Waals surface area contributed by atoms with Crippen LogP contribution >= 0.6 is 0 Å². The molecule has 8 nitrogen and oxygen atoms in total. The third-order valence-corrected chi connectivity index (χ3v) is 3.12. The Hall–Kier alpha value is -4.13. The Morgan fingerprint density at radius 3 is 2.00 bits per heavy atom. The average molecular weight is 328 g/mol. The van der Waals surface area contributed by atoms with Crippen LogP contribution in [0.4, 0.5) is 5.69 Å². The van der Waals surface area contributed by atoms with Crippen molar-refractivity contribution in [3.63, 3.8) is 0 Å². The number of hydrogen-bond acceptors (Lipinski definition) is 5. The Labute approximate surface area is 143 Å². The van der Waals surface area contributed by atoms with Gasteiger partial charge in [0.25, 0.3) is 0 Å². The van der Waals surface area contributed by atoms with E-state index in [0.29, 0.717) is 16.8 Å². The number of azide groups is 1. The molecule has 0 saturated carbocycles. The number of hydrogen-bond donors (Lipinski definition) is 0. The minimum Gasteiger partial charge on any atom is -0.218 e. The van der Waals surface area contributed by atoms with Crippen LogP contribution in [-0.2, 0) is 0 Å². The molecule has 0 aliphatic carbocycles. The van der Waals surface area contributed by atoms with Crippen LogP contribution in [-0.4, -0.2) is 15.0 Å². The SMILES string of the molecule is Cc1cnnn1-c1ccc(C#N)cc1.N#Cc1ccc(N=[N+]=[N-])cc1. The van der Waals surface area contributed by atoms with E-state index in [1.165, 1.54) is 0 Å². The van der Waals surface area contributed by atoms with Gasteiger partial charge in [-0.2, -0.15) is 10.5 Å². The summed E-state index contributed by atoms with van der Waals surface area (Å²) in [5, 5.41) is 28.1. The lowest BCUT2D eigenvalue weighted by atomic mass is 10.2. The highest BCUT2D eigenvalue weighted by atomic mass is 15.4. The quantitative estimate of drug-likeness (QED) is 0.401. The van der Waals surface area contributed by atoms with Crippen LogP contribution in [0.3, 0.4) is 0 Å². The molecule has 3 aromatic rings.